The number of anilines is 2. The molecule has 0 fully saturated rings. The van der Waals surface area contributed by atoms with Crippen molar-refractivity contribution in [3.05, 3.63) is 59.2 Å². The molecule has 2 aromatic carbocycles. The van der Waals surface area contributed by atoms with Crippen LogP contribution in [-0.2, 0) is 9.59 Å². The minimum Gasteiger partial charge on any atom is -0.321 e. The van der Waals surface area contributed by atoms with Crippen LogP contribution in [0.2, 0.25) is 0 Å². The molecular formula is C22H30N3O2+. The molecule has 0 spiro atoms. The van der Waals surface area contributed by atoms with Gasteiger partial charge in [0.25, 0.3) is 11.8 Å². The third-order valence-corrected chi connectivity index (χ3v) is 4.72. The molecular weight excluding hydrogens is 338 g/mol. The monoisotopic (exact) mass is 368 g/mol. The van der Waals surface area contributed by atoms with Crippen molar-refractivity contribution in [1.29, 1.82) is 0 Å². The van der Waals surface area contributed by atoms with Crippen molar-refractivity contribution in [1.82, 2.24) is 0 Å². The summed E-state index contributed by atoms with van der Waals surface area (Å²) in [5.74, 6) is -0.150. The number of benzene rings is 2. The number of rotatable bonds is 8. The van der Waals surface area contributed by atoms with E-state index in [0.29, 0.717) is 0 Å². The number of para-hydroxylation sites is 1. The fourth-order valence-electron chi connectivity index (χ4n) is 3.04. The topological polar surface area (TPSA) is 62.6 Å². The normalized spacial score (nSPS) is 11.7. The van der Waals surface area contributed by atoms with Crippen molar-refractivity contribution in [3.63, 3.8) is 0 Å². The summed E-state index contributed by atoms with van der Waals surface area (Å²) in [5, 5.41) is 5.93. The van der Waals surface area contributed by atoms with Crippen molar-refractivity contribution in [3.8, 4) is 0 Å². The second kappa shape index (κ2) is 9.88. The van der Waals surface area contributed by atoms with Crippen LogP contribution in [0, 0.1) is 20.8 Å². The maximum atomic E-state index is 12.5. The van der Waals surface area contributed by atoms with Gasteiger partial charge in [0, 0.05) is 11.4 Å². The van der Waals surface area contributed by atoms with Crippen molar-refractivity contribution < 1.29 is 14.5 Å². The lowest BCUT2D eigenvalue weighted by molar-refractivity contribution is -0.883. The Bertz CT molecular complexity index is 802. The van der Waals surface area contributed by atoms with Gasteiger partial charge in [-0.15, -0.1) is 0 Å². The number of carbonyl (C=O) groups is 2. The van der Waals surface area contributed by atoms with Crippen molar-refractivity contribution in [2.45, 2.75) is 34.1 Å². The molecule has 144 valence electrons. The Morgan fingerprint density at radius 2 is 1.37 bits per heavy atom. The van der Waals surface area contributed by atoms with Gasteiger partial charge in [-0.2, -0.15) is 0 Å². The number of hydrogen-bond acceptors (Lipinski definition) is 2. The Morgan fingerprint density at radius 3 is 2.00 bits per heavy atom. The van der Waals surface area contributed by atoms with Gasteiger partial charge in [-0.1, -0.05) is 37.3 Å². The van der Waals surface area contributed by atoms with E-state index in [1.165, 1.54) is 0 Å². The molecule has 0 saturated heterocycles. The van der Waals surface area contributed by atoms with Gasteiger partial charge in [-0.3, -0.25) is 9.59 Å². The zero-order valence-corrected chi connectivity index (χ0v) is 16.7. The van der Waals surface area contributed by atoms with E-state index in [2.05, 4.69) is 17.6 Å². The van der Waals surface area contributed by atoms with Crippen LogP contribution in [-0.4, -0.2) is 31.4 Å². The molecule has 1 unspecified atom stereocenters. The molecule has 0 aliphatic heterocycles. The minimum atomic E-state index is -0.0766. The summed E-state index contributed by atoms with van der Waals surface area (Å²) < 4.78 is 0. The molecule has 5 heteroatoms. The van der Waals surface area contributed by atoms with E-state index in [1.54, 1.807) is 0 Å². The lowest BCUT2D eigenvalue weighted by Crippen LogP contribution is -3.14. The molecule has 2 rings (SSSR count). The highest BCUT2D eigenvalue weighted by Gasteiger charge is 2.18. The average molecular weight is 369 g/mol. The summed E-state index contributed by atoms with van der Waals surface area (Å²) in [7, 11) is 0. The first-order chi connectivity index (χ1) is 12.9. The van der Waals surface area contributed by atoms with Gasteiger partial charge in [0.2, 0.25) is 0 Å². The minimum absolute atomic E-state index is 0.0733. The van der Waals surface area contributed by atoms with E-state index in [9.17, 15) is 9.59 Å². The van der Waals surface area contributed by atoms with Gasteiger partial charge in [0.15, 0.2) is 13.1 Å². The molecule has 2 aromatic rings. The second-order valence-corrected chi connectivity index (χ2v) is 7.01. The lowest BCUT2D eigenvalue weighted by atomic mass is 10.1. The van der Waals surface area contributed by atoms with Gasteiger partial charge < -0.3 is 15.5 Å². The van der Waals surface area contributed by atoms with Gasteiger partial charge in [0.1, 0.15) is 0 Å². The third-order valence-electron chi connectivity index (χ3n) is 4.72. The highest BCUT2D eigenvalue weighted by atomic mass is 16.2. The number of nitrogens with one attached hydrogen (secondary N) is 3. The summed E-state index contributed by atoms with van der Waals surface area (Å²) in [6.45, 7) is 9.34. The molecule has 0 radical (unpaired) electrons. The van der Waals surface area contributed by atoms with E-state index in [4.69, 9.17) is 0 Å². The zero-order valence-electron chi connectivity index (χ0n) is 16.7. The first-order valence-electron chi connectivity index (χ1n) is 9.45. The first-order valence-corrected chi connectivity index (χ1v) is 9.45. The molecule has 0 aromatic heterocycles. The van der Waals surface area contributed by atoms with Crippen LogP contribution in [0.4, 0.5) is 11.4 Å². The Labute approximate surface area is 161 Å². The highest BCUT2D eigenvalue weighted by molar-refractivity contribution is 5.94. The largest absolute Gasteiger partial charge is 0.321 e. The zero-order chi connectivity index (χ0) is 19.8. The molecule has 0 heterocycles. The van der Waals surface area contributed by atoms with Crippen LogP contribution < -0.4 is 15.5 Å². The SMILES string of the molecule is CCC[NH+](CC(=O)Nc1ccccc1C)CC(=O)Nc1cccc(C)c1C. The van der Waals surface area contributed by atoms with Crippen LogP contribution in [0.5, 0.6) is 0 Å². The standard InChI is InChI=1S/C22H29N3O2/c1-5-13-25(14-21(26)23-19-11-7-6-9-17(19)3)15-22(27)24-20-12-8-10-16(2)18(20)4/h6-12H,5,13-15H2,1-4H3,(H,23,26)(H,24,27)/p+1. The van der Waals surface area contributed by atoms with Crippen LogP contribution >= 0.6 is 0 Å². The Hall–Kier alpha value is -2.66. The van der Waals surface area contributed by atoms with E-state index in [1.807, 2.05) is 63.2 Å². The maximum Gasteiger partial charge on any atom is 0.279 e. The molecule has 0 saturated carbocycles. The summed E-state index contributed by atoms with van der Waals surface area (Å²) in [6.07, 6.45) is 0.906. The predicted octanol–water partition coefficient (Wildman–Crippen LogP) is 2.48. The van der Waals surface area contributed by atoms with Crippen LogP contribution in [0.3, 0.4) is 0 Å². The summed E-state index contributed by atoms with van der Waals surface area (Å²) >= 11 is 0. The van der Waals surface area contributed by atoms with Gasteiger partial charge in [0.05, 0.1) is 6.54 Å². The fraction of sp³-hybridized carbons (Fsp3) is 0.364. The average Bonchev–Trinajstić information content (AvgIpc) is 2.61. The number of amides is 2. The van der Waals surface area contributed by atoms with Crippen LogP contribution in [0.15, 0.2) is 42.5 Å². The smallest absolute Gasteiger partial charge is 0.279 e. The van der Waals surface area contributed by atoms with Crippen LogP contribution in [0.1, 0.15) is 30.0 Å². The quantitative estimate of drug-likeness (QED) is 0.670. The van der Waals surface area contributed by atoms with Gasteiger partial charge in [-0.05, 0) is 56.0 Å². The van der Waals surface area contributed by atoms with E-state index >= 15 is 0 Å². The Balaban J connectivity index is 1.96. The van der Waals surface area contributed by atoms with E-state index in [0.717, 1.165) is 45.9 Å². The van der Waals surface area contributed by atoms with E-state index in [-0.39, 0.29) is 24.9 Å². The first kappa shape index (κ1) is 20.6. The molecule has 0 bridgehead atoms. The number of quaternary nitrogens is 1. The molecule has 0 aliphatic carbocycles. The summed E-state index contributed by atoms with van der Waals surface area (Å²) in [4.78, 5) is 25.9. The summed E-state index contributed by atoms with van der Waals surface area (Å²) in [6, 6.07) is 13.6. The maximum absolute atomic E-state index is 12.5. The fourth-order valence-corrected chi connectivity index (χ4v) is 3.04. The molecule has 3 N–H and O–H groups in total. The molecule has 27 heavy (non-hydrogen) atoms. The van der Waals surface area contributed by atoms with Crippen molar-refractivity contribution in [2.24, 2.45) is 0 Å². The predicted molar refractivity (Wildman–Crippen MR) is 110 cm³/mol. The molecule has 5 nitrogen and oxygen atoms in total. The van der Waals surface area contributed by atoms with E-state index < -0.39 is 0 Å². The number of carbonyl (C=O) groups excluding carboxylic acids is 2. The Morgan fingerprint density at radius 1 is 0.815 bits per heavy atom. The number of hydrogen-bond donors (Lipinski definition) is 3. The lowest BCUT2D eigenvalue weighted by Gasteiger charge is -2.19. The second-order valence-electron chi connectivity index (χ2n) is 7.01. The molecule has 2 amide bonds. The third kappa shape index (κ3) is 6.22. The van der Waals surface area contributed by atoms with Crippen molar-refractivity contribution in [2.75, 3.05) is 30.3 Å². The number of aryl methyl sites for hydroxylation is 2. The molecule has 0 aliphatic rings. The highest BCUT2D eigenvalue weighted by Crippen LogP contribution is 2.17. The summed E-state index contributed by atoms with van der Waals surface area (Å²) in [5.41, 5.74) is 4.89. The van der Waals surface area contributed by atoms with Gasteiger partial charge in [-0.25, -0.2) is 0 Å². The van der Waals surface area contributed by atoms with Gasteiger partial charge >= 0.3 is 0 Å². The Kier molecular flexibility index (Phi) is 7.55. The molecule has 1 atom stereocenters. The van der Waals surface area contributed by atoms with Crippen molar-refractivity contribution >= 4 is 23.2 Å². The van der Waals surface area contributed by atoms with Crippen LogP contribution in [0.25, 0.3) is 0 Å².